The lowest BCUT2D eigenvalue weighted by Crippen LogP contribution is -2.14. The molecule has 0 saturated heterocycles. The van der Waals surface area contributed by atoms with Gasteiger partial charge in [-0.05, 0) is 49.1 Å². The van der Waals surface area contributed by atoms with E-state index in [1.165, 1.54) is 30.6 Å². The van der Waals surface area contributed by atoms with Gasteiger partial charge in [-0.15, -0.1) is 0 Å². The van der Waals surface area contributed by atoms with Crippen molar-refractivity contribution < 1.29 is 4.74 Å². The molecule has 0 aliphatic carbocycles. The third-order valence-electron chi connectivity index (χ3n) is 2.75. The predicted molar refractivity (Wildman–Crippen MR) is 81.9 cm³/mol. The molecule has 1 N–H and O–H groups in total. The first-order valence-electron chi connectivity index (χ1n) is 6.30. The summed E-state index contributed by atoms with van der Waals surface area (Å²) in [5, 5.41) is 4.11. The number of hydrogen-bond acceptors (Lipinski definition) is 3. The van der Waals surface area contributed by atoms with Crippen molar-refractivity contribution in [3.05, 3.63) is 28.8 Å². The van der Waals surface area contributed by atoms with Crippen molar-refractivity contribution in [3.8, 4) is 5.75 Å². The zero-order valence-corrected chi connectivity index (χ0v) is 12.7. The Morgan fingerprint density at radius 2 is 2.11 bits per heavy atom. The van der Waals surface area contributed by atoms with Gasteiger partial charge in [0.05, 0.1) is 12.1 Å². The Morgan fingerprint density at radius 1 is 1.28 bits per heavy atom. The van der Waals surface area contributed by atoms with Crippen LogP contribution >= 0.6 is 23.4 Å². The van der Waals surface area contributed by atoms with Gasteiger partial charge in [0.25, 0.3) is 0 Å². The van der Waals surface area contributed by atoms with Gasteiger partial charge in [-0.3, -0.25) is 0 Å². The number of thioether (sulfide) groups is 1. The molecule has 0 heterocycles. The molecule has 0 radical (unpaired) electrons. The van der Waals surface area contributed by atoms with E-state index in [1.807, 2.05) is 30.0 Å². The van der Waals surface area contributed by atoms with E-state index >= 15 is 0 Å². The van der Waals surface area contributed by atoms with Crippen LogP contribution in [0.1, 0.15) is 24.8 Å². The summed E-state index contributed by atoms with van der Waals surface area (Å²) in [6.07, 6.45) is 6.02. The SMILES string of the molecule is COc1ccc(CNCCCCCSC)cc1Cl. The first-order chi connectivity index (χ1) is 8.77. The van der Waals surface area contributed by atoms with E-state index in [-0.39, 0.29) is 0 Å². The summed E-state index contributed by atoms with van der Waals surface area (Å²) in [7, 11) is 1.63. The predicted octanol–water partition coefficient (Wildman–Crippen LogP) is 3.97. The third-order valence-corrected chi connectivity index (χ3v) is 3.74. The molecule has 4 heteroatoms. The van der Waals surface area contributed by atoms with Gasteiger partial charge in [0, 0.05) is 6.54 Å². The number of unbranched alkanes of at least 4 members (excludes halogenated alkanes) is 2. The van der Waals surface area contributed by atoms with Crippen molar-refractivity contribution in [2.24, 2.45) is 0 Å². The van der Waals surface area contributed by atoms with Crippen LogP contribution in [0.5, 0.6) is 5.75 Å². The second-order valence-electron chi connectivity index (χ2n) is 4.20. The maximum Gasteiger partial charge on any atom is 0.137 e. The van der Waals surface area contributed by atoms with Crippen molar-refractivity contribution in [3.63, 3.8) is 0 Å². The molecule has 0 atom stereocenters. The molecular formula is C14H22ClNOS. The van der Waals surface area contributed by atoms with Crippen LogP contribution in [0.15, 0.2) is 18.2 Å². The smallest absolute Gasteiger partial charge is 0.137 e. The van der Waals surface area contributed by atoms with E-state index in [9.17, 15) is 0 Å². The summed E-state index contributed by atoms with van der Waals surface area (Å²) in [4.78, 5) is 0. The highest BCUT2D eigenvalue weighted by Gasteiger charge is 2.01. The van der Waals surface area contributed by atoms with Gasteiger partial charge in [0.2, 0.25) is 0 Å². The van der Waals surface area contributed by atoms with Crippen molar-refractivity contribution in [2.75, 3.05) is 25.7 Å². The molecule has 1 aromatic rings. The molecule has 2 nitrogen and oxygen atoms in total. The molecule has 18 heavy (non-hydrogen) atoms. The lowest BCUT2D eigenvalue weighted by molar-refractivity contribution is 0.415. The maximum atomic E-state index is 6.07. The molecule has 0 saturated carbocycles. The Kier molecular flexibility index (Phi) is 8.31. The van der Waals surface area contributed by atoms with Crippen LogP contribution in [0.4, 0.5) is 0 Å². The highest BCUT2D eigenvalue weighted by molar-refractivity contribution is 7.98. The summed E-state index contributed by atoms with van der Waals surface area (Å²) in [5.74, 6) is 2.01. The Labute approximate surface area is 119 Å². The van der Waals surface area contributed by atoms with Crippen LogP contribution in [0.25, 0.3) is 0 Å². The highest BCUT2D eigenvalue weighted by atomic mass is 35.5. The van der Waals surface area contributed by atoms with E-state index in [2.05, 4.69) is 11.6 Å². The summed E-state index contributed by atoms with van der Waals surface area (Å²) < 4.78 is 5.13. The topological polar surface area (TPSA) is 21.3 Å². The summed E-state index contributed by atoms with van der Waals surface area (Å²) >= 11 is 7.99. The fraction of sp³-hybridized carbons (Fsp3) is 0.571. The molecule has 102 valence electrons. The normalized spacial score (nSPS) is 10.6. The van der Waals surface area contributed by atoms with Gasteiger partial charge < -0.3 is 10.1 Å². The van der Waals surface area contributed by atoms with Gasteiger partial charge in [-0.1, -0.05) is 24.1 Å². The largest absolute Gasteiger partial charge is 0.495 e. The van der Waals surface area contributed by atoms with Gasteiger partial charge in [0.1, 0.15) is 5.75 Å². The molecule has 0 aliphatic heterocycles. The number of halogens is 1. The van der Waals surface area contributed by atoms with Crippen LogP contribution in [0.2, 0.25) is 5.02 Å². The molecular weight excluding hydrogens is 266 g/mol. The second kappa shape index (κ2) is 9.54. The first kappa shape index (κ1) is 15.7. The van der Waals surface area contributed by atoms with Crippen LogP contribution in [0, 0.1) is 0 Å². The number of nitrogens with one attached hydrogen (secondary N) is 1. The summed E-state index contributed by atoms with van der Waals surface area (Å²) in [6.45, 7) is 1.93. The molecule has 0 amide bonds. The van der Waals surface area contributed by atoms with Gasteiger partial charge >= 0.3 is 0 Å². The van der Waals surface area contributed by atoms with E-state index in [1.54, 1.807) is 7.11 Å². The molecule has 0 fully saturated rings. The number of hydrogen-bond donors (Lipinski definition) is 1. The summed E-state index contributed by atoms with van der Waals surface area (Å²) in [6, 6.07) is 5.92. The number of rotatable bonds is 9. The Balaban J connectivity index is 2.17. The minimum atomic E-state index is 0.678. The standard InChI is InChI=1S/C14H22ClNOS/c1-17-14-7-6-12(10-13(14)15)11-16-8-4-3-5-9-18-2/h6-7,10,16H,3-5,8-9,11H2,1-2H3. The van der Waals surface area contributed by atoms with Crippen molar-refractivity contribution in [1.82, 2.24) is 5.32 Å². The Bertz CT molecular complexity index is 347. The highest BCUT2D eigenvalue weighted by Crippen LogP contribution is 2.24. The first-order valence-corrected chi connectivity index (χ1v) is 8.07. The molecule has 0 aromatic heterocycles. The van der Waals surface area contributed by atoms with Gasteiger partial charge in [-0.25, -0.2) is 0 Å². The lowest BCUT2D eigenvalue weighted by atomic mass is 10.2. The van der Waals surface area contributed by atoms with E-state index in [4.69, 9.17) is 16.3 Å². The zero-order valence-electron chi connectivity index (χ0n) is 11.2. The molecule has 0 unspecified atom stereocenters. The lowest BCUT2D eigenvalue weighted by Gasteiger charge is -2.07. The zero-order chi connectivity index (χ0) is 13.2. The average molecular weight is 288 g/mol. The minimum Gasteiger partial charge on any atom is -0.495 e. The average Bonchev–Trinajstić information content (AvgIpc) is 2.38. The maximum absolute atomic E-state index is 6.07. The van der Waals surface area contributed by atoms with Crippen LogP contribution in [0.3, 0.4) is 0 Å². The van der Waals surface area contributed by atoms with Crippen molar-refractivity contribution in [1.29, 1.82) is 0 Å². The molecule has 0 bridgehead atoms. The molecule has 1 aromatic carbocycles. The van der Waals surface area contributed by atoms with Gasteiger partial charge in [-0.2, -0.15) is 11.8 Å². The fourth-order valence-electron chi connectivity index (χ4n) is 1.73. The second-order valence-corrected chi connectivity index (χ2v) is 5.59. The third kappa shape index (κ3) is 5.98. The Morgan fingerprint density at radius 3 is 2.78 bits per heavy atom. The number of benzene rings is 1. The Hall–Kier alpha value is -0.380. The molecule has 1 rings (SSSR count). The quantitative estimate of drug-likeness (QED) is 0.695. The van der Waals surface area contributed by atoms with Crippen molar-refractivity contribution in [2.45, 2.75) is 25.8 Å². The minimum absolute atomic E-state index is 0.678. The molecule has 0 spiro atoms. The van der Waals surface area contributed by atoms with Crippen LogP contribution in [-0.2, 0) is 6.54 Å². The monoisotopic (exact) mass is 287 g/mol. The number of methoxy groups -OCH3 is 1. The number of ether oxygens (including phenoxy) is 1. The van der Waals surface area contributed by atoms with Crippen LogP contribution in [-0.4, -0.2) is 25.7 Å². The van der Waals surface area contributed by atoms with Crippen LogP contribution < -0.4 is 10.1 Å². The summed E-state index contributed by atoms with van der Waals surface area (Å²) in [5.41, 5.74) is 1.20. The van der Waals surface area contributed by atoms with E-state index in [0.29, 0.717) is 5.02 Å². The van der Waals surface area contributed by atoms with E-state index < -0.39 is 0 Å². The van der Waals surface area contributed by atoms with Crippen molar-refractivity contribution >= 4 is 23.4 Å². The van der Waals surface area contributed by atoms with E-state index in [0.717, 1.165) is 18.8 Å². The fourth-order valence-corrected chi connectivity index (χ4v) is 2.50. The molecule has 0 aliphatic rings. The van der Waals surface area contributed by atoms with Gasteiger partial charge in [0.15, 0.2) is 0 Å².